The molecule has 0 saturated carbocycles. The van der Waals surface area contributed by atoms with Gasteiger partial charge in [0.25, 0.3) is 6.71 Å². The Bertz CT molecular complexity index is 2180. The molecule has 4 aliphatic rings. The summed E-state index contributed by atoms with van der Waals surface area (Å²) in [5.41, 5.74) is 16.0. The zero-order chi connectivity index (χ0) is 30.0. The predicted octanol–water partition coefficient (Wildman–Crippen LogP) is 8.96. The maximum atomic E-state index is 6.64. The number of fused-ring (bicyclic) bond motifs is 3. The molecule has 6 aromatic carbocycles. The summed E-state index contributed by atoms with van der Waals surface area (Å²) >= 11 is 0. The van der Waals surface area contributed by atoms with Crippen LogP contribution in [0.3, 0.4) is 0 Å². The van der Waals surface area contributed by atoms with Crippen molar-refractivity contribution in [2.75, 3.05) is 14.7 Å². The first-order chi connectivity index (χ1) is 22.0. The standard InChI is InChI=1S/C40H30BN3O/c1-40(2,3)25-19-21-27(22-20-25)43-30-15-9-14-29-36(30)41-37-31(43)16-10-17-32(37)44-28-13-7-8-18-34(28)45-35-24-23-33(38(41)39(35)44)42(29)26-11-5-4-6-12-26/h4-24H,1-3H3. The minimum atomic E-state index is 0.0718. The zero-order valence-corrected chi connectivity index (χ0v) is 25.5. The average Bonchev–Trinajstić information content (AvgIpc) is 3.07. The van der Waals surface area contributed by atoms with E-state index in [1.54, 1.807) is 0 Å². The molecule has 10 rings (SSSR count). The Balaban J connectivity index is 1.33. The first kappa shape index (κ1) is 25.0. The van der Waals surface area contributed by atoms with E-state index in [1.807, 2.05) is 0 Å². The Morgan fingerprint density at radius 2 is 0.978 bits per heavy atom. The molecule has 0 amide bonds. The second-order valence-electron chi connectivity index (χ2n) is 13.4. The Labute approximate surface area is 263 Å². The molecule has 0 aliphatic carbocycles. The molecule has 214 valence electrons. The van der Waals surface area contributed by atoms with Crippen molar-refractivity contribution in [1.29, 1.82) is 0 Å². The maximum Gasteiger partial charge on any atom is 0.257 e. The summed E-state index contributed by atoms with van der Waals surface area (Å²) in [6.07, 6.45) is 0. The summed E-state index contributed by atoms with van der Waals surface area (Å²) in [4.78, 5) is 7.38. The predicted molar refractivity (Wildman–Crippen MR) is 187 cm³/mol. The van der Waals surface area contributed by atoms with Gasteiger partial charge in [-0.1, -0.05) is 75.4 Å². The summed E-state index contributed by atoms with van der Waals surface area (Å²) in [6, 6.07) is 46.4. The van der Waals surface area contributed by atoms with E-state index in [9.17, 15) is 0 Å². The highest BCUT2D eigenvalue weighted by Crippen LogP contribution is 2.56. The molecular formula is C40H30BN3O. The lowest BCUT2D eigenvalue weighted by Crippen LogP contribution is -2.65. The molecule has 0 N–H and O–H groups in total. The third-order valence-electron chi connectivity index (χ3n) is 9.90. The van der Waals surface area contributed by atoms with Crippen LogP contribution in [0.25, 0.3) is 0 Å². The molecule has 0 spiro atoms. The van der Waals surface area contributed by atoms with Gasteiger partial charge in [-0.3, -0.25) is 0 Å². The van der Waals surface area contributed by atoms with E-state index in [1.165, 1.54) is 56.1 Å². The lowest BCUT2D eigenvalue weighted by molar-refractivity contribution is 0.477. The van der Waals surface area contributed by atoms with Gasteiger partial charge in [-0.05, 0) is 100 Å². The Morgan fingerprint density at radius 3 is 1.62 bits per heavy atom. The van der Waals surface area contributed by atoms with E-state index < -0.39 is 0 Å². The van der Waals surface area contributed by atoms with Crippen LogP contribution in [-0.4, -0.2) is 6.71 Å². The van der Waals surface area contributed by atoms with E-state index in [0.717, 1.165) is 28.6 Å². The second kappa shape index (κ2) is 8.61. The molecule has 4 heterocycles. The van der Waals surface area contributed by atoms with Crippen LogP contribution in [0, 0.1) is 0 Å². The van der Waals surface area contributed by atoms with Crippen molar-refractivity contribution in [1.82, 2.24) is 0 Å². The van der Waals surface area contributed by atoms with E-state index in [0.29, 0.717) is 0 Å². The quantitative estimate of drug-likeness (QED) is 0.190. The number of para-hydroxylation sites is 3. The highest BCUT2D eigenvalue weighted by Gasteiger charge is 2.51. The molecule has 0 fully saturated rings. The fraction of sp³-hybridized carbons (Fsp3) is 0.100. The van der Waals surface area contributed by atoms with E-state index in [-0.39, 0.29) is 12.1 Å². The first-order valence-electron chi connectivity index (χ1n) is 15.7. The first-order valence-corrected chi connectivity index (χ1v) is 15.7. The van der Waals surface area contributed by atoms with E-state index >= 15 is 0 Å². The van der Waals surface area contributed by atoms with E-state index in [2.05, 4.69) is 163 Å². The van der Waals surface area contributed by atoms with Crippen molar-refractivity contribution in [3.8, 4) is 11.5 Å². The van der Waals surface area contributed by atoms with E-state index in [4.69, 9.17) is 4.74 Å². The number of nitrogens with zero attached hydrogens (tertiary/aromatic N) is 3. The molecule has 0 radical (unpaired) electrons. The van der Waals surface area contributed by atoms with Crippen LogP contribution in [-0.2, 0) is 5.41 Å². The van der Waals surface area contributed by atoms with Crippen LogP contribution < -0.4 is 35.8 Å². The van der Waals surface area contributed by atoms with Crippen LogP contribution >= 0.6 is 0 Å². The summed E-state index contributed by atoms with van der Waals surface area (Å²) in [6.45, 7) is 6.89. The summed E-state index contributed by atoms with van der Waals surface area (Å²) < 4.78 is 6.64. The van der Waals surface area contributed by atoms with Crippen molar-refractivity contribution in [2.24, 2.45) is 0 Å². The number of hydrogen-bond acceptors (Lipinski definition) is 4. The topological polar surface area (TPSA) is 19.0 Å². The smallest absolute Gasteiger partial charge is 0.257 e. The van der Waals surface area contributed by atoms with Gasteiger partial charge in [-0.25, -0.2) is 0 Å². The SMILES string of the molecule is CC(C)(C)c1ccc(N2c3cccc4c3B3c5c2cccc5N2c5ccccc5Oc5ccc(c3c52)N4c2ccccc2)cc1. The van der Waals surface area contributed by atoms with Crippen LogP contribution in [0.4, 0.5) is 51.2 Å². The summed E-state index contributed by atoms with van der Waals surface area (Å²) in [5, 5.41) is 0. The van der Waals surface area contributed by atoms with Gasteiger partial charge in [0.1, 0.15) is 0 Å². The van der Waals surface area contributed by atoms with Gasteiger partial charge in [-0.15, -0.1) is 0 Å². The monoisotopic (exact) mass is 579 g/mol. The number of ether oxygens (including phenoxy) is 1. The molecule has 0 saturated heterocycles. The van der Waals surface area contributed by atoms with Gasteiger partial charge in [0.2, 0.25) is 0 Å². The molecule has 0 aromatic heterocycles. The molecular weight excluding hydrogens is 549 g/mol. The largest absolute Gasteiger partial charge is 0.453 e. The van der Waals surface area contributed by atoms with Gasteiger partial charge in [0.05, 0.1) is 11.4 Å². The van der Waals surface area contributed by atoms with Crippen LogP contribution in [0.15, 0.2) is 127 Å². The van der Waals surface area contributed by atoms with Crippen molar-refractivity contribution < 1.29 is 4.74 Å². The molecule has 4 aliphatic heterocycles. The number of rotatable bonds is 2. The fourth-order valence-corrected chi connectivity index (χ4v) is 7.98. The minimum Gasteiger partial charge on any atom is -0.453 e. The normalized spacial score (nSPS) is 14.6. The van der Waals surface area contributed by atoms with Crippen molar-refractivity contribution >= 4 is 74.3 Å². The molecule has 0 bridgehead atoms. The van der Waals surface area contributed by atoms with Gasteiger partial charge in [0, 0.05) is 39.8 Å². The molecule has 4 nitrogen and oxygen atoms in total. The Morgan fingerprint density at radius 1 is 0.444 bits per heavy atom. The van der Waals surface area contributed by atoms with Gasteiger partial charge >= 0.3 is 0 Å². The van der Waals surface area contributed by atoms with Gasteiger partial charge in [-0.2, -0.15) is 0 Å². The summed E-state index contributed by atoms with van der Waals surface area (Å²) in [7, 11) is 0. The minimum absolute atomic E-state index is 0.0718. The molecule has 5 heteroatoms. The summed E-state index contributed by atoms with van der Waals surface area (Å²) in [5.74, 6) is 1.78. The number of benzene rings is 6. The van der Waals surface area contributed by atoms with Crippen LogP contribution in [0.1, 0.15) is 26.3 Å². The van der Waals surface area contributed by atoms with Crippen molar-refractivity contribution in [3.63, 3.8) is 0 Å². The number of hydrogen-bond donors (Lipinski definition) is 0. The van der Waals surface area contributed by atoms with Gasteiger partial charge in [0.15, 0.2) is 11.5 Å². The average molecular weight is 580 g/mol. The van der Waals surface area contributed by atoms with Crippen LogP contribution in [0.5, 0.6) is 11.5 Å². The third-order valence-corrected chi connectivity index (χ3v) is 9.90. The highest BCUT2D eigenvalue weighted by molar-refractivity contribution is 7.02. The molecule has 6 aromatic rings. The lowest BCUT2D eigenvalue weighted by atomic mass is 9.31. The maximum absolute atomic E-state index is 6.64. The third kappa shape index (κ3) is 3.22. The fourth-order valence-electron chi connectivity index (χ4n) is 7.98. The second-order valence-corrected chi connectivity index (χ2v) is 13.4. The molecule has 0 atom stereocenters. The molecule has 45 heavy (non-hydrogen) atoms. The van der Waals surface area contributed by atoms with Gasteiger partial charge < -0.3 is 19.4 Å². The number of anilines is 9. The zero-order valence-electron chi connectivity index (χ0n) is 25.5. The lowest BCUT2D eigenvalue weighted by Gasteiger charge is -2.50. The highest BCUT2D eigenvalue weighted by atomic mass is 16.5. The van der Waals surface area contributed by atoms with Crippen LogP contribution in [0.2, 0.25) is 0 Å². The Kier molecular flexibility index (Phi) is 4.77. The molecule has 0 unspecified atom stereocenters. The van der Waals surface area contributed by atoms with Crippen molar-refractivity contribution in [3.05, 3.63) is 133 Å². The Hall–Kier alpha value is -5.42. The van der Waals surface area contributed by atoms with Crippen molar-refractivity contribution in [2.45, 2.75) is 26.2 Å².